The lowest BCUT2D eigenvalue weighted by Crippen LogP contribution is -2.17. The molecular weight excluding hydrogens is 281 g/mol. The average molecular weight is 296 g/mol. The normalized spacial score (nSPS) is 13.0. The zero-order valence-electron chi connectivity index (χ0n) is 11.6. The lowest BCUT2D eigenvalue weighted by Gasteiger charge is -2.15. The van der Waals surface area contributed by atoms with Crippen molar-refractivity contribution < 1.29 is 23.0 Å². The van der Waals surface area contributed by atoms with Gasteiger partial charge >= 0.3 is 6.36 Å². The molecule has 5 heteroatoms. The van der Waals surface area contributed by atoms with Gasteiger partial charge in [-0.1, -0.05) is 30.3 Å². The average Bonchev–Trinajstić information content (AvgIpc) is 2.39. The molecule has 2 aromatic carbocycles. The van der Waals surface area contributed by atoms with Crippen LogP contribution in [-0.4, -0.2) is 11.5 Å². The Bertz CT molecular complexity index is 636. The third kappa shape index (κ3) is 3.98. The number of halogens is 3. The van der Waals surface area contributed by atoms with E-state index in [2.05, 4.69) is 4.74 Å². The summed E-state index contributed by atoms with van der Waals surface area (Å²) in [7, 11) is 0. The van der Waals surface area contributed by atoms with E-state index in [1.165, 1.54) is 18.2 Å². The van der Waals surface area contributed by atoms with Crippen molar-refractivity contribution in [3.63, 3.8) is 0 Å². The van der Waals surface area contributed by atoms with E-state index < -0.39 is 12.5 Å². The van der Waals surface area contributed by atoms with Gasteiger partial charge in [0.1, 0.15) is 11.9 Å². The van der Waals surface area contributed by atoms with Gasteiger partial charge < -0.3 is 9.84 Å². The lowest BCUT2D eigenvalue weighted by atomic mass is 9.98. The van der Waals surface area contributed by atoms with Gasteiger partial charge in [-0.2, -0.15) is 0 Å². The molecule has 2 rings (SSSR count). The maximum atomic E-state index is 12.2. The van der Waals surface area contributed by atoms with Crippen LogP contribution in [0, 0.1) is 13.8 Å². The molecule has 0 saturated carbocycles. The van der Waals surface area contributed by atoms with Crippen LogP contribution in [-0.2, 0) is 0 Å². The molecule has 0 spiro atoms. The Morgan fingerprint density at radius 3 is 2.24 bits per heavy atom. The Labute approximate surface area is 120 Å². The van der Waals surface area contributed by atoms with Crippen LogP contribution in [0.15, 0.2) is 42.5 Å². The summed E-state index contributed by atoms with van der Waals surface area (Å²) < 4.78 is 40.5. The Morgan fingerprint density at radius 1 is 0.952 bits per heavy atom. The van der Waals surface area contributed by atoms with Crippen LogP contribution < -0.4 is 4.74 Å². The van der Waals surface area contributed by atoms with Gasteiger partial charge in [0.05, 0.1) is 0 Å². The molecule has 1 atom stereocenters. The zero-order valence-corrected chi connectivity index (χ0v) is 11.6. The van der Waals surface area contributed by atoms with Crippen LogP contribution >= 0.6 is 0 Å². The molecular formula is C16H15F3O2. The minimum Gasteiger partial charge on any atom is -0.406 e. The molecule has 2 aromatic rings. The summed E-state index contributed by atoms with van der Waals surface area (Å²) in [5.41, 5.74) is 3.07. The van der Waals surface area contributed by atoms with Crippen molar-refractivity contribution in [2.75, 3.05) is 0 Å². The van der Waals surface area contributed by atoms with Crippen molar-refractivity contribution in [2.45, 2.75) is 26.3 Å². The van der Waals surface area contributed by atoms with Gasteiger partial charge in [-0.05, 0) is 48.2 Å². The van der Waals surface area contributed by atoms with Crippen molar-refractivity contribution >= 4 is 0 Å². The first-order valence-corrected chi connectivity index (χ1v) is 6.37. The highest BCUT2D eigenvalue weighted by Crippen LogP contribution is 2.29. The fourth-order valence-corrected chi connectivity index (χ4v) is 2.01. The predicted octanol–water partition coefficient (Wildman–Crippen LogP) is 4.28. The lowest BCUT2D eigenvalue weighted by molar-refractivity contribution is -0.274. The molecule has 0 saturated heterocycles. The summed E-state index contributed by atoms with van der Waals surface area (Å²) >= 11 is 0. The van der Waals surface area contributed by atoms with Crippen LogP contribution in [0.1, 0.15) is 28.4 Å². The predicted molar refractivity (Wildman–Crippen MR) is 73.1 cm³/mol. The molecule has 0 radical (unpaired) electrons. The largest absolute Gasteiger partial charge is 0.573 e. The number of rotatable bonds is 3. The number of aryl methyl sites for hydroxylation is 2. The summed E-state index contributed by atoms with van der Waals surface area (Å²) in [5.74, 6) is -0.345. The Kier molecular flexibility index (Phi) is 4.23. The highest BCUT2D eigenvalue weighted by molar-refractivity contribution is 5.38. The minimum absolute atomic E-state index is 0.345. The Morgan fingerprint density at radius 2 is 1.62 bits per heavy atom. The van der Waals surface area contributed by atoms with Crippen LogP contribution in [0.3, 0.4) is 0 Å². The van der Waals surface area contributed by atoms with Gasteiger partial charge in [0.25, 0.3) is 0 Å². The first-order chi connectivity index (χ1) is 9.76. The standard InChI is InChI=1S/C16H15F3O2/c1-10-6-7-13(8-11(10)2)15(20)12-4-3-5-14(9-12)21-16(17,18)19/h3-9,15,20H,1-2H3. The molecule has 21 heavy (non-hydrogen) atoms. The van der Waals surface area contributed by atoms with E-state index in [-0.39, 0.29) is 5.75 Å². The molecule has 0 aliphatic rings. The molecule has 2 nitrogen and oxygen atoms in total. The third-order valence-corrected chi connectivity index (χ3v) is 3.25. The molecule has 0 bridgehead atoms. The SMILES string of the molecule is Cc1ccc(C(O)c2cccc(OC(F)(F)F)c2)cc1C. The van der Waals surface area contributed by atoms with Crippen molar-refractivity contribution in [3.05, 3.63) is 64.7 Å². The van der Waals surface area contributed by atoms with Gasteiger partial charge in [0.15, 0.2) is 0 Å². The van der Waals surface area contributed by atoms with Crippen LogP contribution in [0.2, 0.25) is 0 Å². The summed E-state index contributed by atoms with van der Waals surface area (Å²) in [5, 5.41) is 10.3. The van der Waals surface area contributed by atoms with E-state index >= 15 is 0 Å². The van der Waals surface area contributed by atoms with E-state index in [9.17, 15) is 18.3 Å². The van der Waals surface area contributed by atoms with Gasteiger partial charge in [-0.3, -0.25) is 0 Å². The molecule has 0 amide bonds. The van der Waals surface area contributed by atoms with E-state index in [4.69, 9.17) is 0 Å². The van der Waals surface area contributed by atoms with Gasteiger partial charge in [-0.25, -0.2) is 0 Å². The summed E-state index contributed by atoms with van der Waals surface area (Å²) in [6, 6.07) is 10.8. The maximum Gasteiger partial charge on any atom is 0.573 e. The Hall–Kier alpha value is -2.01. The van der Waals surface area contributed by atoms with Crippen molar-refractivity contribution in [1.29, 1.82) is 0 Å². The van der Waals surface area contributed by atoms with Crippen molar-refractivity contribution in [3.8, 4) is 5.75 Å². The topological polar surface area (TPSA) is 29.5 Å². The number of hydrogen-bond donors (Lipinski definition) is 1. The molecule has 112 valence electrons. The summed E-state index contributed by atoms with van der Waals surface area (Å²) in [6.45, 7) is 3.86. The molecule has 0 heterocycles. The summed E-state index contributed by atoms with van der Waals surface area (Å²) in [6.07, 6.45) is -5.75. The van der Waals surface area contributed by atoms with Crippen LogP contribution in [0.25, 0.3) is 0 Å². The second-order valence-corrected chi connectivity index (χ2v) is 4.87. The smallest absolute Gasteiger partial charge is 0.406 e. The van der Waals surface area contributed by atoms with Crippen LogP contribution in [0.5, 0.6) is 5.75 Å². The Balaban J connectivity index is 2.28. The van der Waals surface area contributed by atoms with E-state index in [0.29, 0.717) is 11.1 Å². The fourth-order valence-electron chi connectivity index (χ4n) is 2.01. The number of aliphatic hydroxyl groups excluding tert-OH is 1. The molecule has 0 fully saturated rings. The van der Waals surface area contributed by atoms with Crippen molar-refractivity contribution in [2.24, 2.45) is 0 Å². The number of alkyl halides is 3. The zero-order chi connectivity index (χ0) is 15.6. The van der Waals surface area contributed by atoms with Crippen LogP contribution in [0.4, 0.5) is 13.2 Å². The van der Waals surface area contributed by atoms with Gasteiger partial charge in [-0.15, -0.1) is 13.2 Å². The maximum absolute atomic E-state index is 12.2. The van der Waals surface area contributed by atoms with E-state index in [1.807, 2.05) is 26.0 Å². The number of benzene rings is 2. The van der Waals surface area contributed by atoms with E-state index in [1.54, 1.807) is 12.1 Å². The summed E-state index contributed by atoms with van der Waals surface area (Å²) in [4.78, 5) is 0. The molecule has 1 unspecified atom stereocenters. The van der Waals surface area contributed by atoms with Gasteiger partial charge in [0.2, 0.25) is 0 Å². The molecule has 0 aliphatic heterocycles. The molecule has 1 N–H and O–H groups in total. The second kappa shape index (κ2) is 5.77. The second-order valence-electron chi connectivity index (χ2n) is 4.87. The third-order valence-electron chi connectivity index (χ3n) is 3.25. The number of hydrogen-bond acceptors (Lipinski definition) is 2. The highest BCUT2D eigenvalue weighted by atomic mass is 19.4. The highest BCUT2D eigenvalue weighted by Gasteiger charge is 2.31. The fraction of sp³-hybridized carbons (Fsp3) is 0.250. The van der Waals surface area contributed by atoms with E-state index in [0.717, 1.165) is 11.1 Å². The number of ether oxygens (including phenoxy) is 1. The monoisotopic (exact) mass is 296 g/mol. The minimum atomic E-state index is -4.75. The molecule has 0 aliphatic carbocycles. The van der Waals surface area contributed by atoms with Gasteiger partial charge in [0, 0.05) is 0 Å². The first-order valence-electron chi connectivity index (χ1n) is 6.37. The number of aliphatic hydroxyl groups is 1. The van der Waals surface area contributed by atoms with Crippen molar-refractivity contribution in [1.82, 2.24) is 0 Å². The molecule has 0 aromatic heterocycles. The first kappa shape index (κ1) is 15.4. The quantitative estimate of drug-likeness (QED) is 0.916.